The minimum atomic E-state index is -0.154. The fraction of sp³-hybridized carbons (Fsp3) is 0.238. The molecular weight excluding hydrogens is 326 g/mol. The Balaban J connectivity index is 1.70. The maximum Gasteiger partial charge on any atom is 0.257 e. The summed E-state index contributed by atoms with van der Waals surface area (Å²) in [5, 5.41) is 6.69. The molecule has 134 valence electrons. The zero-order valence-electron chi connectivity index (χ0n) is 15.2. The fourth-order valence-corrected chi connectivity index (χ4v) is 2.94. The quantitative estimate of drug-likeness (QED) is 0.716. The Hall–Kier alpha value is -3.08. The lowest BCUT2D eigenvalue weighted by atomic mass is 10.1. The standard InChI is InChI=1S/C21H23N3O2/c1-14(2)12-20(25)22-15-8-10-16(11-9-15)23-21(26)18-13-24(3)19-7-5-4-6-17(18)19/h4-11,13-14H,12H2,1-3H3,(H,22,25)(H,23,26). The zero-order valence-corrected chi connectivity index (χ0v) is 15.2. The molecule has 0 radical (unpaired) electrons. The van der Waals surface area contributed by atoms with Crippen LogP contribution >= 0.6 is 0 Å². The van der Waals surface area contributed by atoms with E-state index in [0.717, 1.165) is 16.6 Å². The summed E-state index contributed by atoms with van der Waals surface area (Å²) in [4.78, 5) is 24.4. The summed E-state index contributed by atoms with van der Waals surface area (Å²) in [6, 6.07) is 15.0. The summed E-state index contributed by atoms with van der Waals surface area (Å²) in [7, 11) is 1.92. The van der Waals surface area contributed by atoms with Gasteiger partial charge in [-0.2, -0.15) is 0 Å². The first-order chi connectivity index (χ1) is 12.4. The van der Waals surface area contributed by atoms with Crippen LogP contribution in [0.25, 0.3) is 10.9 Å². The van der Waals surface area contributed by atoms with E-state index in [1.807, 2.05) is 55.9 Å². The number of carbonyl (C=O) groups excluding carboxylic acids is 2. The number of aromatic nitrogens is 1. The molecule has 0 saturated carbocycles. The summed E-state index contributed by atoms with van der Waals surface area (Å²) < 4.78 is 1.94. The molecule has 5 heteroatoms. The summed E-state index contributed by atoms with van der Waals surface area (Å²) >= 11 is 0. The van der Waals surface area contributed by atoms with Crippen LogP contribution in [0.3, 0.4) is 0 Å². The first kappa shape index (κ1) is 17.7. The van der Waals surface area contributed by atoms with Gasteiger partial charge in [0.1, 0.15) is 0 Å². The number of rotatable bonds is 5. The van der Waals surface area contributed by atoms with Crippen molar-refractivity contribution in [3.63, 3.8) is 0 Å². The summed E-state index contributed by atoms with van der Waals surface area (Å²) in [5.74, 6) is 0.153. The molecule has 1 heterocycles. The number of aryl methyl sites for hydroxylation is 1. The Morgan fingerprint density at radius 1 is 0.962 bits per heavy atom. The third-order valence-corrected chi connectivity index (χ3v) is 4.16. The van der Waals surface area contributed by atoms with E-state index in [-0.39, 0.29) is 11.8 Å². The normalized spacial score (nSPS) is 10.9. The highest BCUT2D eigenvalue weighted by atomic mass is 16.2. The van der Waals surface area contributed by atoms with Crippen LogP contribution in [0, 0.1) is 5.92 Å². The van der Waals surface area contributed by atoms with Crippen molar-refractivity contribution in [3.8, 4) is 0 Å². The van der Waals surface area contributed by atoms with Crippen LogP contribution < -0.4 is 10.6 Å². The van der Waals surface area contributed by atoms with E-state index in [1.165, 1.54) is 0 Å². The highest BCUT2D eigenvalue weighted by molar-refractivity contribution is 6.13. The van der Waals surface area contributed by atoms with Crippen LogP contribution in [-0.2, 0) is 11.8 Å². The summed E-state index contributed by atoms with van der Waals surface area (Å²) in [5.41, 5.74) is 3.06. The maximum absolute atomic E-state index is 12.6. The molecule has 3 rings (SSSR count). The molecule has 2 amide bonds. The molecule has 0 bridgehead atoms. The Labute approximate surface area is 153 Å². The highest BCUT2D eigenvalue weighted by Gasteiger charge is 2.13. The summed E-state index contributed by atoms with van der Waals surface area (Å²) in [6.07, 6.45) is 2.32. The number of hydrogen-bond donors (Lipinski definition) is 2. The van der Waals surface area contributed by atoms with Gasteiger partial charge < -0.3 is 15.2 Å². The van der Waals surface area contributed by atoms with E-state index < -0.39 is 0 Å². The summed E-state index contributed by atoms with van der Waals surface area (Å²) in [6.45, 7) is 4.01. The van der Waals surface area contributed by atoms with Crippen molar-refractivity contribution in [2.75, 3.05) is 10.6 Å². The number of benzene rings is 2. The first-order valence-corrected chi connectivity index (χ1v) is 8.69. The lowest BCUT2D eigenvalue weighted by molar-refractivity contribution is -0.116. The van der Waals surface area contributed by atoms with Gasteiger partial charge in [-0.1, -0.05) is 32.0 Å². The van der Waals surface area contributed by atoms with Crippen molar-refractivity contribution >= 4 is 34.1 Å². The van der Waals surface area contributed by atoms with Gasteiger partial charge in [-0.15, -0.1) is 0 Å². The topological polar surface area (TPSA) is 63.1 Å². The van der Waals surface area contributed by atoms with Crippen LogP contribution in [0.5, 0.6) is 0 Å². The smallest absolute Gasteiger partial charge is 0.257 e. The average Bonchev–Trinajstić information content (AvgIpc) is 2.93. The van der Waals surface area contributed by atoms with Crippen molar-refractivity contribution in [1.29, 1.82) is 0 Å². The lowest BCUT2D eigenvalue weighted by Crippen LogP contribution is -2.14. The highest BCUT2D eigenvalue weighted by Crippen LogP contribution is 2.22. The van der Waals surface area contributed by atoms with E-state index >= 15 is 0 Å². The van der Waals surface area contributed by atoms with Crippen LogP contribution in [0.4, 0.5) is 11.4 Å². The molecule has 0 spiro atoms. The largest absolute Gasteiger partial charge is 0.350 e. The first-order valence-electron chi connectivity index (χ1n) is 8.69. The van der Waals surface area contributed by atoms with Crippen molar-refractivity contribution in [2.45, 2.75) is 20.3 Å². The van der Waals surface area contributed by atoms with Gasteiger partial charge in [0.05, 0.1) is 5.56 Å². The van der Waals surface area contributed by atoms with Crippen molar-refractivity contribution in [1.82, 2.24) is 4.57 Å². The third-order valence-electron chi connectivity index (χ3n) is 4.16. The minimum Gasteiger partial charge on any atom is -0.350 e. The van der Waals surface area contributed by atoms with Gasteiger partial charge in [0.2, 0.25) is 5.91 Å². The molecule has 2 N–H and O–H groups in total. The number of hydrogen-bond acceptors (Lipinski definition) is 2. The van der Waals surface area contributed by atoms with Gasteiger partial charge in [0.15, 0.2) is 0 Å². The van der Waals surface area contributed by atoms with Crippen LogP contribution in [0.15, 0.2) is 54.7 Å². The predicted molar refractivity (Wildman–Crippen MR) is 105 cm³/mol. The number of carbonyl (C=O) groups is 2. The SMILES string of the molecule is CC(C)CC(=O)Nc1ccc(NC(=O)c2cn(C)c3ccccc23)cc1. The molecule has 0 aliphatic heterocycles. The molecule has 5 nitrogen and oxygen atoms in total. The van der Waals surface area contributed by atoms with E-state index in [4.69, 9.17) is 0 Å². The number of para-hydroxylation sites is 1. The number of nitrogens with zero attached hydrogens (tertiary/aromatic N) is 1. The Morgan fingerprint density at radius 2 is 1.58 bits per heavy atom. The molecule has 0 fully saturated rings. The van der Waals surface area contributed by atoms with Gasteiger partial charge in [-0.3, -0.25) is 9.59 Å². The molecule has 26 heavy (non-hydrogen) atoms. The van der Waals surface area contributed by atoms with Gasteiger partial charge >= 0.3 is 0 Å². The Morgan fingerprint density at radius 3 is 2.23 bits per heavy atom. The second-order valence-corrected chi connectivity index (χ2v) is 6.85. The molecule has 0 aliphatic carbocycles. The number of amides is 2. The molecule has 0 saturated heterocycles. The van der Waals surface area contributed by atoms with Gasteiger partial charge in [-0.05, 0) is 36.2 Å². The number of nitrogens with one attached hydrogen (secondary N) is 2. The van der Waals surface area contributed by atoms with E-state index in [0.29, 0.717) is 23.6 Å². The van der Waals surface area contributed by atoms with Crippen molar-refractivity contribution in [2.24, 2.45) is 13.0 Å². The van der Waals surface area contributed by atoms with Crippen LogP contribution in [0.1, 0.15) is 30.6 Å². The van der Waals surface area contributed by atoms with Crippen molar-refractivity contribution < 1.29 is 9.59 Å². The number of anilines is 2. The molecule has 0 atom stereocenters. The minimum absolute atomic E-state index is 0.00691. The van der Waals surface area contributed by atoms with E-state index in [9.17, 15) is 9.59 Å². The second-order valence-electron chi connectivity index (χ2n) is 6.85. The molecule has 1 aromatic heterocycles. The molecule has 2 aromatic carbocycles. The van der Waals surface area contributed by atoms with Crippen LogP contribution in [-0.4, -0.2) is 16.4 Å². The van der Waals surface area contributed by atoms with Gasteiger partial charge in [0, 0.05) is 41.9 Å². The zero-order chi connectivity index (χ0) is 18.7. The fourth-order valence-electron chi connectivity index (χ4n) is 2.94. The average molecular weight is 349 g/mol. The van der Waals surface area contributed by atoms with E-state index in [1.54, 1.807) is 24.3 Å². The second kappa shape index (κ2) is 7.44. The molecule has 3 aromatic rings. The maximum atomic E-state index is 12.6. The molecule has 0 unspecified atom stereocenters. The predicted octanol–water partition coefficient (Wildman–Crippen LogP) is 4.42. The lowest BCUT2D eigenvalue weighted by Gasteiger charge is -2.09. The Bertz CT molecular complexity index is 940. The van der Waals surface area contributed by atoms with Crippen LogP contribution in [0.2, 0.25) is 0 Å². The monoisotopic (exact) mass is 349 g/mol. The van der Waals surface area contributed by atoms with Gasteiger partial charge in [0.25, 0.3) is 5.91 Å². The molecular formula is C21H23N3O2. The molecule has 0 aliphatic rings. The van der Waals surface area contributed by atoms with E-state index in [2.05, 4.69) is 10.6 Å². The number of fused-ring (bicyclic) bond motifs is 1. The van der Waals surface area contributed by atoms with Gasteiger partial charge in [-0.25, -0.2) is 0 Å². The Kier molecular flexibility index (Phi) is 5.07. The third kappa shape index (κ3) is 3.94. The van der Waals surface area contributed by atoms with Crippen molar-refractivity contribution in [3.05, 3.63) is 60.3 Å².